The molecule has 1 aromatic heterocycles. The third-order valence-corrected chi connectivity index (χ3v) is 2.67. The first-order valence-electron chi connectivity index (χ1n) is 6.03. The zero-order valence-corrected chi connectivity index (χ0v) is 11.9. The predicted octanol–water partition coefficient (Wildman–Crippen LogP) is 0.538. The number of methoxy groups -OCH3 is 3. The Hall–Kier alpha value is -1.37. The van der Waals surface area contributed by atoms with E-state index >= 15 is 0 Å². The first-order chi connectivity index (χ1) is 9.12. The lowest BCUT2D eigenvalue weighted by Gasteiger charge is -2.21. The van der Waals surface area contributed by atoms with Crippen molar-refractivity contribution in [2.24, 2.45) is 0 Å². The second-order valence-corrected chi connectivity index (χ2v) is 4.30. The van der Waals surface area contributed by atoms with E-state index in [1.165, 1.54) is 0 Å². The molecule has 6 nitrogen and oxygen atoms in total. The lowest BCUT2D eigenvalue weighted by atomic mass is 10.2. The van der Waals surface area contributed by atoms with E-state index < -0.39 is 6.10 Å². The summed E-state index contributed by atoms with van der Waals surface area (Å²) in [6.45, 7) is 1.37. The summed E-state index contributed by atoms with van der Waals surface area (Å²) in [5.74, 6) is 1.27. The lowest BCUT2D eigenvalue weighted by Crippen LogP contribution is -2.31. The number of hydrogen-bond donors (Lipinski definition) is 1. The molecule has 0 fully saturated rings. The largest absolute Gasteiger partial charge is 0.493 e. The van der Waals surface area contributed by atoms with Crippen LogP contribution in [-0.4, -0.2) is 62.6 Å². The summed E-state index contributed by atoms with van der Waals surface area (Å²) in [5, 5.41) is 9.68. The van der Waals surface area contributed by atoms with Crippen molar-refractivity contribution in [2.45, 2.75) is 12.6 Å². The Kier molecular flexibility index (Phi) is 6.55. The van der Waals surface area contributed by atoms with Crippen LogP contribution >= 0.6 is 0 Å². The Morgan fingerprint density at radius 2 is 2.05 bits per heavy atom. The fourth-order valence-electron chi connectivity index (χ4n) is 1.89. The van der Waals surface area contributed by atoms with Gasteiger partial charge in [0, 0.05) is 32.5 Å². The molecule has 0 aromatic carbocycles. The molecule has 0 radical (unpaired) electrons. The van der Waals surface area contributed by atoms with E-state index in [1.807, 2.05) is 11.9 Å². The minimum Gasteiger partial charge on any atom is -0.493 e. The van der Waals surface area contributed by atoms with E-state index in [9.17, 15) is 5.11 Å². The molecule has 1 heterocycles. The molecule has 0 saturated carbocycles. The average Bonchev–Trinajstić information content (AvgIpc) is 2.38. The first-order valence-corrected chi connectivity index (χ1v) is 6.03. The van der Waals surface area contributed by atoms with Gasteiger partial charge in [-0.1, -0.05) is 0 Å². The quantitative estimate of drug-likeness (QED) is 0.744. The van der Waals surface area contributed by atoms with Gasteiger partial charge in [-0.15, -0.1) is 0 Å². The highest BCUT2D eigenvalue weighted by Crippen LogP contribution is 2.29. The number of likely N-dealkylation sites (N-methyl/N-ethyl adjacent to an activating group) is 1. The van der Waals surface area contributed by atoms with Crippen molar-refractivity contribution in [3.8, 4) is 11.5 Å². The summed E-state index contributed by atoms with van der Waals surface area (Å²) in [7, 11) is 6.64. The summed E-state index contributed by atoms with van der Waals surface area (Å²) in [6, 6.07) is 1.75. The molecule has 0 amide bonds. The van der Waals surface area contributed by atoms with Gasteiger partial charge < -0.3 is 19.3 Å². The molecule has 0 bridgehead atoms. The molecule has 1 N–H and O–H groups in total. The number of nitrogens with zero attached hydrogens (tertiary/aromatic N) is 2. The zero-order valence-electron chi connectivity index (χ0n) is 11.9. The van der Waals surface area contributed by atoms with Crippen molar-refractivity contribution < 1.29 is 19.3 Å². The summed E-state index contributed by atoms with van der Waals surface area (Å²) >= 11 is 0. The smallest absolute Gasteiger partial charge is 0.183 e. The molecule has 1 atom stereocenters. The van der Waals surface area contributed by atoms with E-state index in [2.05, 4.69) is 4.98 Å². The van der Waals surface area contributed by atoms with Crippen molar-refractivity contribution in [3.05, 3.63) is 18.0 Å². The topological polar surface area (TPSA) is 64.1 Å². The number of ether oxygens (including phenoxy) is 3. The molecular weight excluding hydrogens is 248 g/mol. The maximum atomic E-state index is 9.68. The SMILES string of the molecule is COCC(O)CN(C)Cc1nccc(OC)c1OC. The van der Waals surface area contributed by atoms with Gasteiger partial charge in [-0.25, -0.2) is 0 Å². The van der Waals surface area contributed by atoms with Gasteiger partial charge >= 0.3 is 0 Å². The third kappa shape index (κ3) is 4.66. The summed E-state index contributed by atoms with van der Waals surface area (Å²) < 4.78 is 15.4. The second kappa shape index (κ2) is 7.93. The van der Waals surface area contributed by atoms with Gasteiger partial charge in [0.25, 0.3) is 0 Å². The highest BCUT2D eigenvalue weighted by molar-refractivity contribution is 5.42. The van der Waals surface area contributed by atoms with Crippen LogP contribution in [-0.2, 0) is 11.3 Å². The molecular formula is C13H22N2O4. The van der Waals surface area contributed by atoms with Gasteiger partial charge in [0.05, 0.1) is 26.9 Å². The fraction of sp³-hybridized carbons (Fsp3) is 0.615. The van der Waals surface area contributed by atoms with Crippen LogP contribution in [0.1, 0.15) is 5.69 Å². The Morgan fingerprint density at radius 3 is 2.63 bits per heavy atom. The normalized spacial score (nSPS) is 12.5. The summed E-state index contributed by atoms with van der Waals surface area (Å²) in [4.78, 5) is 6.24. The van der Waals surface area contributed by atoms with Crippen LogP contribution in [0.3, 0.4) is 0 Å². The molecule has 0 aliphatic rings. The maximum absolute atomic E-state index is 9.68. The number of aliphatic hydroxyl groups is 1. The van der Waals surface area contributed by atoms with Crippen molar-refractivity contribution in [1.29, 1.82) is 0 Å². The van der Waals surface area contributed by atoms with E-state index in [1.54, 1.807) is 33.6 Å². The van der Waals surface area contributed by atoms with E-state index in [0.717, 1.165) is 5.69 Å². The Bertz CT molecular complexity index is 387. The summed E-state index contributed by atoms with van der Waals surface area (Å²) in [5.41, 5.74) is 0.772. The number of aliphatic hydroxyl groups excluding tert-OH is 1. The van der Waals surface area contributed by atoms with E-state index in [4.69, 9.17) is 14.2 Å². The minimum absolute atomic E-state index is 0.313. The molecule has 108 valence electrons. The summed E-state index contributed by atoms with van der Waals surface area (Å²) in [6.07, 6.45) is 1.16. The van der Waals surface area contributed by atoms with Crippen molar-refractivity contribution >= 4 is 0 Å². The molecule has 0 aliphatic heterocycles. The van der Waals surface area contributed by atoms with Gasteiger partial charge in [0.2, 0.25) is 0 Å². The van der Waals surface area contributed by atoms with Crippen LogP contribution in [0.5, 0.6) is 11.5 Å². The number of aromatic nitrogens is 1. The molecule has 0 aliphatic carbocycles. The van der Waals surface area contributed by atoms with Gasteiger partial charge in [0.15, 0.2) is 11.5 Å². The molecule has 19 heavy (non-hydrogen) atoms. The lowest BCUT2D eigenvalue weighted by molar-refractivity contribution is 0.0415. The van der Waals surface area contributed by atoms with Gasteiger partial charge in [-0.2, -0.15) is 0 Å². The fourth-order valence-corrected chi connectivity index (χ4v) is 1.89. The number of rotatable bonds is 8. The van der Waals surface area contributed by atoms with E-state index in [-0.39, 0.29) is 0 Å². The Morgan fingerprint density at radius 1 is 1.32 bits per heavy atom. The predicted molar refractivity (Wildman–Crippen MR) is 71.6 cm³/mol. The number of pyridine rings is 1. The number of hydrogen-bond acceptors (Lipinski definition) is 6. The molecule has 6 heteroatoms. The molecule has 1 rings (SSSR count). The van der Waals surface area contributed by atoms with Crippen LogP contribution in [0.4, 0.5) is 0 Å². The Labute approximate surface area is 113 Å². The second-order valence-electron chi connectivity index (χ2n) is 4.30. The van der Waals surface area contributed by atoms with Crippen molar-refractivity contribution in [1.82, 2.24) is 9.88 Å². The highest BCUT2D eigenvalue weighted by Gasteiger charge is 2.14. The minimum atomic E-state index is -0.522. The van der Waals surface area contributed by atoms with Crippen LogP contribution in [0.15, 0.2) is 12.3 Å². The van der Waals surface area contributed by atoms with Crippen LogP contribution < -0.4 is 9.47 Å². The average molecular weight is 270 g/mol. The molecule has 0 spiro atoms. The van der Waals surface area contributed by atoms with Crippen molar-refractivity contribution in [3.63, 3.8) is 0 Å². The van der Waals surface area contributed by atoms with Crippen LogP contribution in [0.25, 0.3) is 0 Å². The van der Waals surface area contributed by atoms with Crippen molar-refractivity contribution in [2.75, 3.05) is 41.5 Å². The van der Waals surface area contributed by atoms with Gasteiger partial charge in [0.1, 0.15) is 5.69 Å². The third-order valence-electron chi connectivity index (χ3n) is 2.67. The standard InChI is InChI=1S/C13H22N2O4/c1-15(7-10(16)9-17-2)8-11-13(19-4)12(18-3)5-6-14-11/h5-6,10,16H,7-9H2,1-4H3. The first kappa shape index (κ1) is 15.7. The molecule has 1 unspecified atom stereocenters. The molecule has 1 aromatic rings. The zero-order chi connectivity index (χ0) is 14.3. The monoisotopic (exact) mass is 270 g/mol. The highest BCUT2D eigenvalue weighted by atomic mass is 16.5. The van der Waals surface area contributed by atoms with Crippen LogP contribution in [0.2, 0.25) is 0 Å². The van der Waals surface area contributed by atoms with E-state index in [0.29, 0.717) is 31.2 Å². The van der Waals surface area contributed by atoms with Crippen LogP contribution in [0, 0.1) is 0 Å². The Balaban J connectivity index is 2.70. The van der Waals surface area contributed by atoms with Gasteiger partial charge in [-0.3, -0.25) is 9.88 Å². The molecule has 0 saturated heterocycles. The maximum Gasteiger partial charge on any atom is 0.183 e. The van der Waals surface area contributed by atoms with Gasteiger partial charge in [-0.05, 0) is 7.05 Å².